The third-order valence-electron chi connectivity index (χ3n) is 12.9. The van der Waals surface area contributed by atoms with Crippen molar-refractivity contribution in [1.29, 1.82) is 0 Å². The van der Waals surface area contributed by atoms with Crippen molar-refractivity contribution in [3.05, 3.63) is 77.1 Å². The summed E-state index contributed by atoms with van der Waals surface area (Å²) in [4.78, 5) is 39.7. The largest absolute Gasteiger partial charge is 0.346 e. The summed E-state index contributed by atoms with van der Waals surface area (Å²) in [7, 11) is 2.02. The molecule has 1 amide bonds. The first-order valence-corrected chi connectivity index (χ1v) is 25.8. The lowest BCUT2D eigenvalue weighted by Crippen LogP contribution is -2.41. The van der Waals surface area contributed by atoms with Crippen LogP contribution in [0, 0.1) is 29.1 Å². The highest BCUT2D eigenvalue weighted by molar-refractivity contribution is 5.95. The predicted molar refractivity (Wildman–Crippen MR) is 282 cm³/mol. The Morgan fingerprint density at radius 3 is 2.06 bits per heavy atom. The van der Waals surface area contributed by atoms with E-state index in [1.807, 2.05) is 79.9 Å². The number of carbonyl (C=O) groups excluding carboxylic acids is 3. The standard InChI is InChI=1S/C40H51F2N3O2.C9H21N.C5H8O.2C2H6/c1-10-40(8,9)22-34-33-21-28(14-15-35(33)45(11-2)37(34)32-13-12-16-43-36(32)25(5)6)29-17-27(18-30(20-29)38(41)42)19-31(23-46)44-39(47)26(7)24(3)4;1-4-9(2)7-5-6-8-10-3;1-4(6)5-2-3-5;2*1-2/h12-18,20-21,23-26,31,38H,10-11,19,22H2,1-9H3,(H,44,47);9-10H,4-8H2,1-3H3;5H,2-3H2,1H3;2*1-2H3. The summed E-state index contributed by atoms with van der Waals surface area (Å²) in [6.07, 6.45) is 9.57. The Kier molecular flexibility index (Phi) is 28.1. The number of aryl methyl sites for hydroxylation is 1. The lowest BCUT2D eigenvalue weighted by Gasteiger charge is -2.24. The van der Waals surface area contributed by atoms with Crippen LogP contribution in [0.15, 0.2) is 54.7 Å². The third kappa shape index (κ3) is 19.4. The van der Waals surface area contributed by atoms with Gasteiger partial charge in [0.05, 0.1) is 17.4 Å². The van der Waals surface area contributed by atoms with E-state index in [1.54, 1.807) is 6.92 Å². The molecule has 1 aliphatic rings. The summed E-state index contributed by atoms with van der Waals surface area (Å²) in [5.74, 6) is 1.61. The van der Waals surface area contributed by atoms with Crippen molar-refractivity contribution in [2.24, 2.45) is 29.1 Å². The van der Waals surface area contributed by atoms with Gasteiger partial charge in [-0.2, -0.15) is 0 Å². The van der Waals surface area contributed by atoms with Crippen molar-refractivity contribution in [3.63, 3.8) is 0 Å². The zero-order valence-electron chi connectivity index (χ0n) is 45.0. The van der Waals surface area contributed by atoms with Gasteiger partial charge in [-0.15, -0.1) is 0 Å². The number of nitrogens with one attached hydrogen (secondary N) is 2. The second-order valence-electron chi connectivity index (χ2n) is 19.3. The zero-order chi connectivity index (χ0) is 51.0. The number of alkyl halides is 2. The van der Waals surface area contributed by atoms with Gasteiger partial charge >= 0.3 is 0 Å². The highest BCUT2D eigenvalue weighted by Crippen LogP contribution is 2.42. The van der Waals surface area contributed by atoms with Gasteiger partial charge in [0.2, 0.25) is 5.91 Å². The highest BCUT2D eigenvalue weighted by Gasteiger charge is 2.28. The summed E-state index contributed by atoms with van der Waals surface area (Å²) in [6, 6.07) is 14.4. The number of fused-ring (bicyclic) bond motifs is 1. The Hall–Kier alpha value is -4.24. The van der Waals surface area contributed by atoms with Gasteiger partial charge in [0.25, 0.3) is 6.43 Å². The number of ketones is 1. The van der Waals surface area contributed by atoms with E-state index in [1.165, 1.54) is 55.6 Å². The zero-order valence-corrected chi connectivity index (χ0v) is 45.0. The molecule has 2 N–H and O–H groups in total. The van der Waals surface area contributed by atoms with E-state index < -0.39 is 12.5 Å². The van der Waals surface area contributed by atoms with Gasteiger partial charge in [0.1, 0.15) is 12.1 Å². The summed E-state index contributed by atoms with van der Waals surface area (Å²) in [6.45, 7) is 35.2. The Labute approximate surface area is 406 Å². The van der Waals surface area contributed by atoms with Crippen LogP contribution in [0.3, 0.4) is 0 Å². The molecule has 0 bridgehead atoms. The quantitative estimate of drug-likeness (QED) is 0.0641. The smallest absolute Gasteiger partial charge is 0.263 e. The van der Waals surface area contributed by atoms with Crippen molar-refractivity contribution in [2.75, 3.05) is 13.6 Å². The topological polar surface area (TPSA) is 93.1 Å². The molecule has 9 heteroatoms. The number of benzene rings is 2. The third-order valence-corrected chi connectivity index (χ3v) is 12.9. The van der Waals surface area contributed by atoms with Crippen molar-refractivity contribution in [1.82, 2.24) is 20.2 Å². The summed E-state index contributed by atoms with van der Waals surface area (Å²) in [5, 5.41) is 7.06. The van der Waals surface area contributed by atoms with Crippen molar-refractivity contribution < 1.29 is 23.2 Å². The number of rotatable bonds is 21. The van der Waals surface area contributed by atoms with E-state index in [4.69, 9.17) is 4.98 Å². The molecule has 3 atom stereocenters. The first-order valence-electron chi connectivity index (χ1n) is 25.8. The number of Topliss-reactive ketones (excluding diaryl/α,β-unsaturated/α-hetero) is 1. The number of hydrogen-bond acceptors (Lipinski definition) is 5. The molecule has 0 radical (unpaired) electrons. The van der Waals surface area contributed by atoms with Gasteiger partial charge in [0.15, 0.2) is 0 Å². The van der Waals surface area contributed by atoms with Crippen LogP contribution in [0.25, 0.3) is 33.3 Å². The summed E-state index contributed by atoms with van der Waals surface area (Å²) in [5.41, 5.74) is 7.65. The number of aromatic nitrogens is 2. The first-order chi connectivity index (χ1) is 31.8. The minimum absolute atomic E-state index is 0.0297. The Morgan fingerprint density at radius 2 is 1.57 bits per heavy atom. The second kappa shape index (κ2) is 31.0. The fourth-order valence-electron chi connectivity index (χ4n) is 7.72. The maximum absolute atomic E-state index is 14.3. The number of unbranched alkanes of at least 4 members (excludes halogenated alkanes) is 1. The second-order valence-corrected chi connectivity index (χ2v) is 19.3. The molecule has 0 spiro atoms. The van der Waals surface area contributed by atoms with E-state index in [0.717, 1.165) is 65.9 Å². The first kappa shape index (κ1) is 60.8. The minimum Gasteiger partial charge on any atom is -0.346 e. The number of hydrogen-bond donors (Lipinski definition) is 2. The summed E-state index contributed by atoms with van der Waals surface area (Å²) < 4.78 is 30.9. The molecule has 2 aromatic carbocycles. The molecule has 5 rings (SSSR count). The molecule has 1 saturated carbocycles. The maximum atomic E-state index is 14.3. The molecular weight excluding hydrogens is 839 g/mol. The number of pyridine rings is 1. The maximum Gasteiger partial charge on any atom is 0.263 e. The van der Waals surface area contributed by atoms with Crippen LogP contribution in [0.4, 0.5) is 8.78 Å². The van der Waals surface area contributed by atoms with Crippen LogP contribution in [0.1, 0.15) is 190 Å². The highest BCUT2D eigenvalue weighted by atomic mass is 19.3. The minimum atomic E-state index is -2.68. The van der Waals surface area contributed by atoms with Crippen LogP contribution in [-0.2, 0) is 33.8 Å². The van der Waals surface area contributed by atoms with Gasteiger partial charge < -0.3 is 20.0 Å². The number of aldehydes is 1. The molecule has 0 saturated heterocycles. The van der Waals surface area contributed by atoms with Crippen molar-refractivity contribution in [2.45, 2.75) is 193 Å². The SMILES string of the molecule is CC.CC.CC(=O)C1CC1.CCC(C)CCCCNC.CCn1c(-c2cccnc2C(C)C)c(CC(C)(C)CC)c2cc(-c3cc(CC(C=O)NC(=O)C(C)C(C)C)cc(C(F)F)c3)ccc21. The normalized spacial score (nSPS) is 13.5. The number of carbonyl (C=O) groups is 3. The number of nitrogens with zero attached hydrogens (tertiary/aromatic N) is 2. The van der Waals surface area contributed by atoms with Crippen LogP contribution < -0.4 is 10.6 Å². The van der Waals surface area contributed by atoms with E-state index in [0.29, 0.717) is 29.1 Å². The van der Waals surface area contributed by atoms with Crippen LogP contribution >= 0.6 is 0 Å². The molecule has 2 aromatic heterocycles. The Morgan fingerprint density at radius 1 is 0.910 bits per heavy atom. The van der Waals surface area contributed by atoms with Crippen molar-refractivity contribution >= 4 is 28.9 Å². The van der Waals surface area contributed by atoms with Gasteiger partial charge in [-0.25, -0.2) is 8.78 Å². The molecule has 7 nitrogen and oxygen atoms in total. The molecule has 2 heterocycles. The van der Waals surface area contributed by atoms with E-state index >= 15 is 0 Å². The van der Waals surface area contributed by atoms with Gasteiger partial charge in [0, 0.05) is 46.6 Å². The molecule has 1 aliphatic carbocycles. The average molecular weight is 931 g/mol. The van der Waals surface area contributed by atoms with Crippen LogP contribution in [0.2, 0.25) is 0 Å². The van der Waals surface area contributed by atoms with Crippen molar-refractivity contribution in [3.8, 4) is 22.4 Å². The monoisotopic (exact) mass is 931 g/mol. The number of amides is 1. The molecular formula is C58H92F2N4O3. The molecule has 67 heavy (non-hydrogen) atoms. The molecule has 4 aromatic rings. The molecule has 3 unspecified atom stereocenters. The molecule has 0 aliphatic heterocycles. The van der Waals surface area contributed by atoms with Crippen LogP contribution in [0.5, 0.6) is 0 Å². The van der Waals surface area contributed by atoms with E-state index in [2.05, 4.69) is 88.8 Å². The van der Waals surface area contributed by atoms with Gasteiger partial charge in [-0.05, 0) is 135 Å². The van der Waals surface area contributed by atoms with E-state index in [9.17, 15) is 23.2 Å². The predicted octanol–water partition coefficient (Wildman–Crippen LogP) is 15.4. The fraction of sp³-hybridized carbons (Fsp3) is 0.621. The molecule has 376 valence electrons. The Balaban J connectivity index is 0.000000934. The fourth-order valence-corrected chi connectivity index (χ4v) is 7.72. The van der Waals surface area contributed by atoms with Gasteiger partial charge in [-0.1, -0.05) is 141 Å². The van der Waals surface area contributed by atoms with Crippen LogP contribution in [-0.4, -0.2) is 47.2 Å². The lowest BCUT2D eigenvalue weighted by atomic mass is 9.81. The molecule has 1 fully saturated rings. The lowest BCUT2D eigenvalue weighted by molar-refractivity contribution is -0.128. The van der Waals surface area contributed by atoms with Gasteiger partial charge in [-0.3, -0.25) is 14.6 Å². The average Bonchev–Trinajstić information content (AvgIpc) is 4.15. The number of halogens is 2. The van der Waals surface area contributed by atoms with E-state index in [-0.39, 0.29) is 41.1 Å². The Bertz CT molecular complexity index is 2070. The summed E-state index contributed by atoms with van der Waals surface area (Å²) >= 11 is 0.